The quantitative estimate of drug-likeness (QED) is 0.894. The molecule has 0 bridgehead atoms. The van der Waals surface area contributed by atoms with E-state index in [1.54, 1.807) is 12.1 Å². The van der Waals surface area contributed by atoms with Gasteiger partial charge in [0.15, 0.2) is 5.17 Å². The van der Waals surface area contributed by atoms with Gasteiger partial charge in [-0.25, -0.2) is 0 Å². The molecule has 1 aromatic carbocycles. The van der Waals surface area contributed by atoms with E-state index in [-0.39, 0.29) is 18.2 Å². The third kappa shape index (κ3) is 4.22. The van der Waals surface area contributed by atoms with Gasteiger partial charge in [-0.2, -0.15) is 0 Å². The van der Waals surface area contributed by atoms with Crippen LogP contribution in [0, 0.1) is 6.92 Å². The fraction of sp³-hybridized carbons (Fsp3) is 0.357. The molecule has 0 radical (unpaired) electrons. The molecule has 1 heterocycles. The smallest absolute Gasteiger partial charge is 0.240 e. The van der Waals surface area contributed by atoms with Crippen molar-refractivity contribution in [1.29, 1.82) is 0 Å². The lowest BCUT2D eigenvalue weighted by Crippen LogP contribution is -2.28. The molecule has 112 valence electrons. The molecule has 2 rings (SSSR count). The number of thioether (sulfide) groups is 1. The van der Waals surface area contributed by atoms with Crippen LogP contribution in [0.5, 0.6) is 0 Å². The molecule has 21 heavy (non-hydrogen) atoms. The molecule has 0 saturated carbocycles. The molecule has 2 amide bonds. The fourth-order valence-electron chi connectivity index (χ4n) is 1.81. The van der Waals surface area contributed by atoms with Crippen molar-refractivity contribution in [3.8, 4) is 0 Å². The Labute approximate surface area is 132 Å². The van der Waals surface area contributed by atoms with Gasteiger partial charge in [-0.05, 0) is 31.5 Å². The largest absolute Gasteiger partial charge is 0.326 e. The summed E-state index contributed by atoms with van der Waals surface area (Å²) >= 11 is 7.30. The van der Waals surface area contributed by atoms with E-state index in [1.165, 1.54) is 11.8 Å². The number of amides is 2. The van der Waals surface area contributed by atoms with Crippen molar-refractivity contribution in [3.63, 3.8) is 0 Å². The summed E-state index contributed by atoms with van der Waals surface area (Å²) in [5.41, 5.74) is 1.57. The lowest BCUT2D eigenvalue weighted by molar-refractivity contribution is -0.122. The number of amidine groups is 1. The Morgan fingerprint density at radius 3 is 2.95 bits per heavy atom. The molecule has 1 saturated heterocycles. The first-order valence-electron chi connectivity index (χ1n) is 6.57. The number of benzene rings is 1. The van der Waals surface area contributed by atoms with Crippen LogP contribution in [0.2, 0.25) is 5.02 Å². The van der Waals surface area contributed by atoms with E-state index in [2.05, 4.69) is 15.6 Å². The van der Waals surface area contributed by atoms with Crippen molar-refractivity contribution in [2.45, 2.75) is 25.5 Å². The molecular weight excluding hydrogens is 310 g/mol. The molecule has 0 aromatic heterocycles. The molecular formula is C14H16ClN3O2S. The van der Waals surface area contributed by atoms with E-state index in [0.717, 1.165) is 5.56 Å². The normalized spacial score (nSPS) is 19.7. The van der Waals surface area contributed by atoms with Crippen molar-refractivity contribution < 1.29 is 9.59 Å². The van der Waals surface area contributed by atoms with E-state index in [4.69, 9.17) is 11.6 Å². The van der Waals surface area contributed by atoms with E-state index >= 15 is 0 Å². The Morgan fingerprint density at radius 2 is 2.29 bits per heavy atom. The van der Waals surface area contributed by atoms with Crippen LogP contribution >= 0.6 is 23.4 Å². The molecule has 1 aliphatic rings. The van der Waals surface area contributed by atoms with E-state index < -0.39 is 5.25 Å². The van der Waals surface area contributed by atoms with Crippen LogP contribution in [0.15, 0.2) is 23.2 Å². The number of nitrogens with zero attached hydrogens (tertiary/aromatic N) is 1. The van der Waals surface area contributed by atoms with Gasteiger partial charge in [0.05, 0.1) is 0 Å². The highest BCUT2D eigenvalue weighted by atomic mass is 35.5. The lowest BCUT2D eigenvalue weighted by Gasteiger charge is -2.08. The lowest BCUT2D eigenvalue weighted by atomic mass is 10.2. The molecule has 1 atom stereocenters. The zero-order chi connectivity index (χ0) is 15.4. The third-order valence-electron chi connectivity index (χ3n) is 2.90. The minimum Gasteiger partial charge on any atom is -0.326 e. The van der Waals surface area contributed by atoms with E-state index in [1.807, 2.05) is 19.9 Å². The van der Waals surface area contributed by atoms with Crippen LogP contribution in [0.1, 0.15) is 18.9 Å². The summed E-state index contributed by atoms with van der Waals surface area (Å²) in [6.07, 6.45) is 0.102. The molecule has 1 aromatic rings. The van der Waals surface area contributed by atoms with Crippen LogP contribution in [0.4, 0.5) is 5.69 Å². The summed E-state index contributed by atoms with van der Waals surface area (Å²) in [6.45, 7) is 4.38. The predicted molar refractivity (Wildman–Crippen MR) is 86.9 cm³/mol. The highest BCUT2D eigenvalue weighted by Gasteiger charge is 2.31. The summed E-state index contributed by atoms with van der Waals surface area (Å²) in [6, 6.07) is 5.31. The zero-order valence-electron chi connectivity index (χ0n) is 11.8. The highest BCUT2D eigenvalue weighted by molar-refractivity contribution is 8.15. The number of carbonyl (C=O) groups is 2. The maximum atomic E-state index is 12.0. The number of anilines is 1. The highest BCUT2D eigenvalue weighted by Crippen LogP contribution is 2.24. The summed E-state index contributed by atoms with van der Waals surface area (Å²) in [4.78, 5) is 27.9. The van der Waals surface area contributed by atoms with E-state index in [9.17, 15) is 9.59 Å². The van der Waals surface area contributed by atoms with E-state index in [0.29, 0.717) is 22.4 Å². The van der Waals surface area contributed by atoms with Gasteiger partial charge in [-0.3, -0.25) is 14.6 Å². The van der Waals surface area contributed by atoms with Gasteiger partial charge in [0.2, 0.25) is 11.8 Å². The number of hydrogen-bond acceptors (Lipinski definition) is 4. The van der Waals surface area contributed by atoms with Crippen molar-refractivity contribution in [3.05, 3.63) is 28.8 Å². The number of carbonyl (C=O) groups excluding carboxylic acids is 2. The average Bonchev–Trinajstić information content (AvgIpc) is 2.74. The number of aliphatic imine (C=N–C) groups is 1. The van der Waals surface area contributed by atoms with Gasteiger partial charge in [0.25, 0.3) is 0 Å². The second kappa shape index (κ2) is 6.95. The summed E-state index contributed by atoms with van der Waals surface area (Å²) in [5, 5.41) is 6.15. The number of aryl methyl sites for hydroxylation is 1. The first-order valence-corrected chi connectivity index (χ1v) is 7.83. The van der Waals surface area contributed by atoms with Crippen LogP contribution in [-0.2, 0) is 9.59 Å². The van der Waals surface area contributed by atoms with Crippen LogP contribution in [-0.4, -0.2) is 28.8 Å². The van der Waals surface area contributed by atoms with Crippen molar-refractivity contribution in [1.82, 2.24) is 5.32 Å². The van der Waals surface area contributed by atoms with Gasteiger partial charge in [-0.1, -0.05) is 29.4 Å². The minimum absolute atomic E-state index is 0.102. The Hall–Kier alpha value is -1.53. The van der Waals surface area contributed by atoms with Crippen LogP contribution in [0.3, 0.4) is 0 Å². The average molecular weight is 326 g/mol. The summed E-state index contributed by atoms with van der Waals surface area (Å²) < 4.78 is 0. The third-order valence-corrected chi connectivity index (χ3v) is 4.43. The first-order chi connectivity index (χ1) is 9.99. The topological polar surface area (TPSA) is 70.6 Å². The predicted octanol–water partition coefficient (Wildman–Crippen LogP) is 2.58. The van der Waals surface area contributed by atoms with Gasteiger partial charge in [0, 0.05) is 23.7 Å². The minimum atomic E-state index is -0.434. The fourth-order valence-corrected chi connectivity index (χ4v) is 3.02. The Morgan fingerprint density at radius 1 is 1.52 bits per heavy atom. The Kier molecular flexibility index (Phi) is 5.25. The summed E-state index contributed by atoms with van der Waals surface area (Å²) in [7, 11) is 0. The van der Waals surface area contributed by atoms with Crippen molar-refractivity contribution in [2.24, 2.45) is 4.99 Å². The molecule has 1 aliphatic heterocycles. The standard InChI is InChI=1S/C14H16ClN3O2S/c1-3-16-14-18-13(20)11(21-14)7-12(19)17-9-5-4-8(2)10(15)6-9/h4-6,11H,3,7H2,1-2H3,(H,17,19)(H,16,18,20)/t11-/m0/s1. The Balaban J connectivity index is 1.94. The maximum Gasteiger partial charge on any atom is 0.240 e. The van der Waals surface area contributed by atoms with Crippen LogP contribution < -0.4 is 10.6 Å². The molecule has 0 aliphatic carbocycles. The van der Waals surface area contributed by atoms with Crippen LogP contribution in [0.25, 0.3) is 0 Å². The molecule has 0 unspecified atom stereocenters. The van der Waals surface area contributed by atoms with Gasteiger partial charge in [-0.15, -0.1) is 0 Å². The van der Waals surface area contributed by atoms with Crippen molar-refractivity contribution in [2.75, 3.05) is 11.9 Å². The first kappa shape index (κ1) is 15.9. The molecule has 5 nitrogen and oxygen atoms in total. The Bertz CT molecular complexity index is 604. The monoisotopic (exact) mass is 325 g/mol. The second-order valence-electron chi connectivity index (χ2n) is 4.59. The number of nitrogens with one attached hydrogen (secondary N) is 2. The number of halogens is 1. The second-order valence-corrected chi connectivity index (χ2v) is 6.19. The van der Waals surface area contributed by atoms with Gasteiger partial charge in [0.1, 0.15) is 5.25 Å². The van der Waals surface area contributed by atoms with Gasteiger partial charge < -0.3 is 10.6 Å². The molecule has 7 heteroatoms. The maximum absolute atomic E-state index is 12.0. The number of hydrogen-bond donors (Lipinski definition) is 2. The molecule has 0 spiro atoms. The summed E-state index contributed by atoms with van der Waals surface area (Å²) in [5.74, 6) is -0.399. The molecule has 2 N–H and O–H groups in total. The van der Waals surface area contributed by atoms with Crippen molar-refractivity contribution >= 4 is 46.0 Å². The molecule has 1 fully saturated rings. The van der Waals surface area contributed by atoms with Gasteiger partial charge >= 0.3 is 0 Å². The zero-order valence-corrected chi connectivity index (χ0v) is 13.3. The number of rotatable bonds is 4. The SMILES string of the molecule is CCN=C1NC(=O)[C@H](CC(=O)Nc2ccc(C)c(Cl)c2)S1.